The fourth-order valence-electron chi connectivity index (χ4n) is 2.35. The van der Waals surface area contributed by atoms with Crippen molar-refractivity contribution >= 4 is 15.6 Å². The van der Waals surface area contributed by atoms with E-state index in [4.69, 9.17) is 38.0 Å². The second-order valence-electron chi connectivity index (χ2n) is 4.75. The van der Waals surface area contributed by atoms with Crippen molar-refractivity contribution in [2.24, 2.45) is 0 Å². The van der Waals surface area contributed by atoms with Gasteiger partial charge in [-0.05, 0) is 0 Å². The van der Waals surface area contributed by atoms with Crippen LogP contribution in [0.4, 0.5) is 0 Å². The Morgan fingerprint density at radius 3 is 1.88 bits per heavy atom. The van der Waals surface area contributed by atoms with Crippen molar-refractivity contribution in [2.45, 2.75) is 30.7 Å². The molecule has 3 N–H and O–H groups in total. The third kappa shape index (κ3) is 6.10. The zero-order chi connectivity index (χ0) is 18.5. The Bertz CT molecular complexity index is 480. The molecule has 0 spiro atoms. The molecule has 0 bridgehead atoms. The average Bonchev–Trinajstić information content (AvgIpc) is 2.43. The highest BCUT2D eigenvalue weighted by Gasteiger charge is 2.50. The maximum Gasteiger partial charge on any atom is 0.483 e. The van der Waals surface area contributed by atoms with Crippen molar-refractivity contribution in [1.29, 1.82) is 0 Å². The highest BCUT2D eigenvalue weighted by molar-refractivity contribution is 7.60. The zero-order valence-corrected chi connectivity index (χ0v) is 15.3. The van der Waals surface area contributed by atoms with Gasteiger partial charge in [0.15, 0.2) is 6.29 Å². The minimum atomic E-state index is -5.27. The maximum absolute atomic E-state index is 11.7. The van der Waals surface area contributed by atoms with Gasteiger partial charge in [-0.2, -0.15) is 4.31 Å². The van der Waals surface area contributed by atoms with E-state index in [2.05, 4.69) is 4.31 Å². The summed E-state index contributed by atoms with van der Waals surface area (Å²) in [5.41, 5.74) is 0. The standard InChI is InChI=1S/C10H22O12P2/c1-16-5-6-7(17-2)8(18-3)9(19-4)10(20-6)21-24(14,15)22-23(11,12)13/h6-10H,5H2,1-4H3,(H,14,15)(H2,11,12,13)/t6-,7-,8+,9+,10?/m1/s1. The highest BCUT2D eigenvalue weighted by atomic mass is 31.3. The van der Waals surface area contributed by atoms with Gasteiger partial charge in [0.25, 0.3) is 0 Å². The van der Waals surface area contributed by atoms with Crippen molar-refractivity contribution < 1.29 is 56.3 Å². The van der Waals surface area contributed by atoms with E-state index in [1.165, 1.54) is 28.4 Å². The summed E-state index contributed by atoms with van der Waals surface area (Å²) in [6.07, 6.45) is -4.78. The van der Waals surface area contributed by atoms with E-state index < -0.39 is 46.4 Å². The van der Waals surface area contributed by atoms with Crippen molar-refractivity contribution in [3.05, 3.63) is 0 Å². The van der Waals surface area contributed by atoms with Crippen LogP contribution in [0.25, 0.3) is 0 Å². The summed E-state index contributed by atoms with van der Waals surface area (Å²) in [6, 6.07) is 0. The Kier molecular flexibility index (Phi) is 8.41. The van der Waals surface area contributed by atoms with Gasteiger partial charge in [0.05, 0.1) is 6.61 Å². The predicted octanol–water partition coefficient (Wildman–Crippen LogP) is -0.371. The van der Waals surface area contributed by atoms with Crippen LogP contribution in [-0.2, 0) is 41.6 Å². The molecule has 24 heavy (non-hydrogen) atoms. The van der Waals surface area contributed by atoms with Crippen LogP contribution in [0.5, 0.6) is 0 Å². The second kappa shape index (κ2) is 9.13. The van der Waals surface area contributed by atoms with Crippen LogP contribution < -0.4 is 0 Å². The molecule has 144 valence electrons. The molecule has 0 aromatic heterocycles. The van der Waals surface area contributed by atoms with Crippen molar-refractivity contribution in [3.63, 3.8) is 0 Å². The van der Waals surface area contributed by atoms with E-state index in [-0.39, 0.29) is 6.61 Å². The zero-order valence-electron chi connectivity index (χ0n) is 13.5. The number of hydrogen-bond donors (Lipinski definition) is 3. The lowest BCUT2D eigenvalue weighted by Crippen LogP contribution is -2.61. The molecule has 1 heterocycles. The summed E-state index contributed by atoms with van der Waals surface area (Å²) >= 11 is 0. The molecule has 14 heteroatoms. The SMILES string of the molecule is COC[C@H]1OC(OP(=O)(O)OP(=O)(O)O)[C@@H](OC)[C@@H](OC)[C@@H]1OC. The topological polar surface area (TPSA) is 159 Å². The number of ether oxygens (including phenoxy) is 5. The van der Waals surface area contributed by atoms with Crippen molar-refractivity contribution in [1.82, 2.24) is 0 Å². The Labute approximate surface area is 138 Å². The highest BCUT2D eigenvalue weighted by Crippen LogP contribution is 2.58. The number of methoxy groups -OCH3 is 4. The van der Waals surface area contributed by atoms with E-state index in [9.17, 15) is 14.0 Å². The second-order valence-corrected chi connectivity index (χ2v) is 7.53. The van der Waals surface area contributed by atoms with Crippen LogP contribution in [0, 0.1) is 0 Å². The number of phosphoric ester groups is 1. The molecule has 1 rings (SSSR count). The molecule has 6 atom stereocenters. The Morgan fingerprint density at radius 1 is 0.917 bits per heavy atom. The first-order chi connectivity index (χ1) is 11.1. The lowest BCUT2D eigenvalue weighted by atomic mass is 9.98. The molecule has 0 radical (unpaired) electrons. The molecule has 1 aliphatic rings. The van der Waals surface area contributed by atoms with Gasteiger partial charge in [-0.15, -0.1) is 0 Å². The summed E-state index contributed by atoms with van der Waals surface area (Å²) in [4.78, 5) is 26.8. The first kappa shape index (κ1) is 22.1. The normalized spacial score (nSPS) is 34.0. The summed E-state index contributed by atoms with van der Waals surface area (Å²) in [7, 11) is -4.97. The van der Waals surface area contributed by atoms with Gasteiger partial charge in [0, 0.05) is 28.4 Å². The van der Waals surface area contributed by atoms with E-state index >= 15 is 0 Å². The van der Waals surface area contributed by atoms with E-state index in [1.54, 1.807) is 0 Å². The molecule has 1 fully saturated rings. The van der Waals surface area contributed by atoms with Crippen LogP contribution >= 0.6 is 15.6 Å². The molecular formula is C10H22O12P2. The average molecular weight is 396 g/mol. The van der Waals surface area contributed by atoms with Crippen molar-refractivity contribution in [3.8, 4) is 0 Å². The fourth-order valence-corrected chi connectivity index (χ4v) is 4.01. The van der Waals surface area contributed by atoms with Gasteiger partial charge >= 0.3 is 15.6 Å². The third-order valence-corrected chi connectivity index (χ3v) is 5.34. The van der Waals surface area contributed by atoms with Crippen molar-refractivity contribution in [2.75, 3.05) is 35.0 Å². The van der Waals surface area contributed by atoms with Gasteiger partial charge in [0.2, 0.25) is 0 Å². The van der Waals surface area contributed by atoms with E-state index in [0.717, 1.165) is 0 Å². The van der Waals surface area contributed by atoms with E-state index in [1.807, 2.05) is 0 Å². The molecule has 0 aliphatic carbocycles. The maximum atomic E-state index is 11.7. The smallest absolute Gasteiger partial charge is 0.382 e. The van der Waals surface area contributed by atoms with Gasteiger partial charge in [-0.3, -0.25) is 4.52 Å². The summed E-state index contributed by atoms with van der Waals surface area (Å²) in [5, 5.41) is 0. The van der Waals surface area contributed by atoms with Gasteiger partial charge in [-0.25, -0.2) is 9.13 Å². The molecule has 1 saturated heterocycles. The molecule has 0 saturated carbocycles. The number of rotatable bonds is 9. The summed E-state index contributed by atoms with van der Waals surface area (Å²) in [6.45, 7) is 0.0315. The number of phosphoric acid groups is 2. The molecule has 0 aromatic rings. The molecule has 12 nitrogen and oxygen atoms in total. The molecule has 1 aliphatic heterocycles. The molecule has 0 amide bonds. The third-order valence-electron chi connectivity index (χ3n) is 3.19. The summed E-state index contributed by atoms with van der Waals surface area (Å²) < 4.78 is 57.2. The monoisotopic (exact) mass is 396 g/mol. The summed E-state index contributed by atoms with van der Waals surface area (Å²) in [5.74, 6) is 0. The number of hydrogen-bond acceptors (Lipinski definition) is 9. The Morgan fingerprint density at radius 2 is 1.46 bits per heavy atom. The van der Waals surface area contributed by atoms with Crippen LogP contribution in [0.1, 0.15) is 0 Å². The molecule has 0 aromatic carbocycles. The Hall–Kier alpha value is 0.0600. The lowest BCUT2D eigenvalue weighted by molar-refractivity contribution is -0.294. The molecule has 2 unspecified atom stereocenters. The van der Waals surface area contributed by atoms with Crippen LogP contribution in [0.2, 0.25) is 0 Å². The first-order valence-corrected chi connectivity index (χ1v) is 9.62. The minimum Gasteiger partial charge on any atom is -0.382 e. The first-order valence-electron chi connectivity index (χ1n) is 6.59. The van der Waals surface area contributed by atoms with Gasteiger partial charge in [-0.1, -0.05) is 0 Å². The minimum absolute atomic E-state index is 0.0315. The predicted molar refractivity (Wildman–Crippen MR) is 77.0 cm³/mol. The van der Waals surface area contributed by atoms with E-state index in [0.29, 0.717) is 0 Å². The van der Waals surface area contributed by atoms with Crippen LogP contribution in [0.15, 0.2) is 0 Å². The van der Waals surface area contributed by atoms with Crippen LogP contribution in [-0.4, -0.2) is 80.4 Å². The lowest BCUT2D eigenvalue weighted by Gasteiger charge is -2.44. The molecular weight excluding hydrogens is 374 g/mol. The Balaban J connectivity index is 3.02. The largest absolute Gasteiger partial charge is 0.483 e. The quantitative estimate of drug-likeness (QED) is 0.435. The van der Waals surface area contributed by atoms with Crippen LogP contribution in [0.3, 0.4) is 0 Å². The van der Waals surface area contributed by atoms with Gasteiger partial charge in [0.1, 0.15) is 24.4 Å². The van der Waals surface area contributed by atoms with Gasteiger partial charge < -0.3 is 38.4 Å². The fraction of sp³-hybridized carbons (Fsp3) is 1.00.